The summed E-state index contributed by atoms with van der Waals surface area (Å²) < 4.78 is 0. The quantitative estimate of drug-likeness (QED) is 0.720. The van der Waals surface area contributed by atoms with Gasteiger partial charge in [-0.05, 0) is 32.9 Å². The van der Waals surface area contributed by atoms with Crippen molar-refractivity contribution in [2.75, 3.05) is 19.6 Å². The van der Waals surface area contributed by atoms with Crippen molar-refractivity contribution in [3.05, 3.63) is 0 Å². The fraction of sp³-hybridized carbons (Fsp3) is 0.909. The van der Waals surface area contributed by atoms with Crippen molar-refractivity contribution in [2.24, 2.45) is 0 Å². The van der Waals surface area contributed by atoms with Gasteiger partial charge in [0.2, 0.25) is 0 Å². The van der Waals surface area contributed by atoms with E-state index in [4.69, 9.17) is 5.26 Å². The minimum absolute atomic E-state index is 0.333. The minimum Gasteiger partial charge on any atom is -0.312 e. The van der Waals surface area contributed by atoms with Crippen molar-refractivity contribution < 1.29 is 0 Å². The van der Waals surface area contributed by atoms with Crippen LogP contribution in [0.5, 0.6) is 0 Å². The van der Waals surface area contributed by atoms with E-state index in [9.17, 15) is 0 Å². The number of likely N-dealkylation sites (N-methyl/N-ethyl adjacent to an activating group) is 1. The Balaban J connectivity index is 2.20. The zero-order valence-corrected chi connectivity index (χ0v) is 9.29. The zero-order valence-electron chi connectivity index (χ0n) is 9.29. The number of nitrogens with zero attached hydrogens (tertiary/aromatic N) is 2. The Morgan fingerprint density at radius 3 is 3.07 bits per heavy atom. The van der Waals surface area contributed by atoms with E-state index in [-0.39, 0.29) is 0 Å². The van der Waals surface area contributed by atoms with Gasteiger partial charge in [0.15, 0.2) is 0 Å². The Labute approximate surface area is 87.1 Å². The molecule has 14 heavy (non-hydrogen) atoms. The highest BCUT2D eigenvalue weighted by atomic mass is 15.2. The number of nitriles is 1. The summed E-state index contributed by atoms with van der Waals surface area (Å²) >= 11 is 0. The molecule has 2 unspecified atom stereocenters. The number of likely N-dealkylation sites (tertiary alicyclic amines) is 1. The summed E-state index contributed by atoms with van der Waals surface area (Å²) in [7, 11) is 0. The maximum absolute atomic E-state index is 8.53. The summed E-state index contributed by atoms with van der Waals surface area (Å²) in [5.74, 6) is 0. The number of hydrogen-bond acceptors (Lipinski definition) is 3. The monoisotopic (exact) mass is 195 g/mol. The van der Waals surface area contributed by atoms with E-state index in [0.29, 0.717) is 18.5 Å². The SMILES string of the molecule is CCN1CCCC1CNC(C)CC#N. The molecule has 0 aromatic rings. The fourth-order valence-electron chi connectivity index (χ4n) is 2.09. The standard InChI is InChI=1S/C11H21N3/c1-3-14-8-4-5-11(14)9-13-10(2)6-7-12/h10-11,13H,3-6,8-9H2,1-2H3. The predicted octanol–water partition coefficient (Wildman–Crippen LogP) is 1.36. The second-order valence-electron chi connectivity index (χ2n) is 4.10. The maximum Gasteiger partial charge on any atom is 0.0638 e. The van der Waals surface area contributed by atoms with Crippen LogP contribution in [0.25, 0.3) is 0 Å². The molecule has 1 fully saturated rings. The average molecular weight is 195 g/mol. The molecule has 1 saturated heterocycles. The molecule has 1 aliphatic heterocycles. The van der Waals surface area contributed by atoms with E-state index in [1.54, 1.807) is 0 Å². The molecule has 1 rings (SSSR count). The van der Waals surface area contributed by atoms with Crippen LogP contribution in [0.2, 0.25) is 0 Å². The summed E-state index contributed by atoms with van der Waals surface area (Å²) in [6, 6.07) is 3.22. The predicted molar refractivity (Wildman–Crippen MR) is 58.0 cm³/mol. The molecular formula is C11H21N3. The Kier molecular flexibility index (Phi) is 4.92. The summed E-state index contributed by atoms with van der Waals surface area (Å²) in [5, 5.41) is 12.0. The number of rotatable bonds is 5. The molecule has 0 spiro atoms. The molecule has 3 nitrogen and oxygen atoms in total. The van der Waals surface area contributed by atoms with Crippen LogP contribution in [0, 0.1) is 11.3 Å². The van der Waals surface area contributed by atoms with Crippen molar-refractivity contribution in [3.8, 4) is 6.07 Å². The second-order valence-corrected chi connectivity index (χ2v) is 4.10. The first-order valence-electron chi connectivity index (χ1n) is 5.62. The lowest BCUT2D eigenvalue weighted by molar-refractivity contribution is 0.255. The molecule has 0 bridgehead atoms. The topological polar surface area (TPSA) is 39.1 Å². The van der Waals surface area contributed by atoms with Crippen molar-refractivity contribution in [3.63, 3.8) is 0 Å². The van der Waals surface area contributed by atoms with E-state index in [1.165, 1.54) is 19.4 Å². The van der Waals surface area contributed by atoms with Gasteiger partial charge in [0.25, 0.3) is 0 Å². The normalized spacial score (nSPS) is 24.8. The largest absolute Gasteiger partial charge is 0.312 e. The zero-order chi connectivity index (χ0) is 10.4. The lowest BCUT2D eigenvalue weighted by atomic mass is 10.2. The van der Waals surface area contributed by atoms with E-state index < -0.39 is 0 Å². The smallest absolute Gasteiger partial charge is 0.0638 e. The van der Waals surface area contributed by atoms with Gasteiger partial charge in [0.05, 0.1) is 12.5 Å². The Hall–Kier alpha value is -0.590. The molecule has 0 aromatic carbocycles. The van der Waals surface area contributed by atoms with Gasteiger partial charge in [0.1, 0.15) is 0 Å². The summed E-state index contributed by atoms with van der Waals surface area (Å²) in [4.78, 5) is 2.52. The van der Waals surface area contributed by atoms with E-state index >= 15 is 0 Å². The average Bonchev–Trinajstić information content (AvgIpc) is 2.62. The first-order chi connectivity index (χ1) is 6.77. The van der Waals surface area contributed by atoms with Gasteiger partial charge in [-0.25, -0.2) is 0 Å². The van der Waals surface area contributed by atoms with Crippen LogP contribution in [0.1, 0.15) is 33.1 Å². The maximum atomic E-state index is 8.53. The molecule has 0 radical (unpaired) electrons. The van der Waals surface area contributed by atoms with Crippen LogP contribution in [0.4, 0.5) is 0 Å². The Morgan fingerprint density at radius 1 is 1.64 bits per heavy atom. The van der Waals surface area contributed by atoms with Crippen molar-refractivity contribution in [1.82, 2.24) is 10.2 Å². The number of hydrogen-bond donors (Lipinski definition) is 1. The second kappa shape index (κ2) is 6.00. The van der Waals surface area contributed by atoms with Crippen LogP contribution in [0.15, 0.2) is 0 Å². The van der Waals surface area contributed by atoms with E-state index in [1.807, 2.05) is 0 Å². The fourth-order valence-corrected chi connectivity index (χ4v) is 2.09. The summed E-state index contributed by atoms with van der Waals surface area (Å²) in [5.41, 5.74) is 0. The van der Waals surface area contributed by atoms with Gasteiger partial charge in [-0.2, -0.15) is 5.26 Å². The first kappa shape index (κ1) is 11.5. The molecule has 1 aliphatic rings. The van der Waals surface area contributed by atoms with Gasteiger partial charge in [-0.3, -0.25) is 4.90 Å². The molecule has 80 valence electrons. The van der Waals surface area contributed by atoms with Gasteiger partial charge >= 0.3 is 0 Å². The Bertz CT molecular complexity index is 197. The van der Waals surface area contributed by atoms with Crippen molar-refractivity contribution >= 4 is 0 Å². The Morgan fingerprint density at radius 2 is 2.43 bits per heavy atom. The summed E-state index contributed by atoms with van der Waals surface area (Å²) in [6.45, 7) is 7.73. The van der Waals surface area contributed by atoms with Crippen LogP contribution < -0.4 is 5.32 Å². The highest BCUT2D eigenvalue weighted by molar-refractivity contribution is 4.83. The molecular weight excluding hydrogens is 174 g/mol. The van der Waals surface area contributed by atoms with Crippen molar-refractivity contribution in [2.45, 2.75) is 45.2 Å². The van der Waals surface area contributed by atoms with Crippen LogP contribution in [-0.2, 0) is 0 Å². The lowest BCUT2D eigenvalue weighted by Gasteiger charge is -2.24. The van der Waals surface area contributed by atoms with Gasteiger partial charge in [-0.1, -0.05) is 6.92 Å². The van der Waals surface area contributed by atoms with E-state index in [2.05, 4.69) is 30.1 Å². The number of nitrogens with one attached hydrogen (secondary N) is 1. The molecule has 0 aromatic heterocycles. The van der Waals surface area contributed by atoms with Gasteiger partial charge in [0, 0.05) is 18.6 Å². The highest BCUT2D eigenvalue weighted by Crippen LogP contribution is 2.15. The third-order valence-electron chi connectivity index (χ3n) is 3.00. The molecule has 3 heteroatoms. The minimum atomic E-state index is 0.333. The highest BCUT2D eigenvalue weighted by Gasteiger charge is 2.22. The van der Waals surface area contributed by atoms with Crippen LogP contribution in [0.3, 0.4) is 0 Å². The lowest BCUT2D eigenvalue weighted by Crippen LogP contribution is -2.40. The molecule has 0 amide bonds. The molecule has 1 heterocycles. The molecule has 0 saturated carbocycles. The van der Waals surface area contributed by atoms with Crippen molar-refractivity contribution in [1.29, 1.82) is 5.26 Å². The third-order valence-corrected chi connectivity index (χ3v) is 3.00. The molecule has 1 N–H and O–H groups in total. The first-order valence-corrected chi connectivity index (χ1v) is 5.62. The van der Waals surface area contributed by atoms with E-state index in [0.717, 1.165) is 13.1 Å². The molecule has 2 atom stereocenters. The van der Waals surface area contributed by atoms with Gasteiger partial charge < -0.3 is 5.32 Å². The van der Waals surface area contributed by atoms with Crippen LogP contribution in [-0.4, -0.2) is 36.6 Å². The van der Waals surface area contributed by atoms with Crippen LogP contribution >= 0.6 is 0 Å². The third kappa shape index (κ3) is 3.28. The molecule has 0 aliphatic carbocycles. The van der Waals surface area contributed by atoms with Gasteiger partial charge in [-0.15, -0.1) is 0 Å². The summed E-state index contributed by atoms with van der Waals surface area (Å²) in [6.07, 6.45) is 3.24.